The van der Waals surface area contributed by atoms with Gasteiger partial charge < -0.3 is 9.88 Å². The zero-order valence-electron chi connectivity index (χ0n) is 11.2. The van der Waals surface area contributed by atoms with Crippen molar-refractivity contribution in [1.29, 1.82) is 0 Å². The molecule has 1 aromatic carbocycles. The summed E-state index contributed by atoms with van der Waals surface area (Å²) in [7, 11) is 0. The van der Waals surface area contributed by atoms with Crippen molar-refractivity contribution in [2.75, 3.05) is 18.0 Å². The normalized spacial score (nSPS) is 11.8. The first-order valence-corrected chi connectivity index (χ1v) is 6.36. The molecule has 2 rings (SSSR count). The summed E-state index contributed by atoms with van der Waals surface area (Å²) in [6, 6.07) is 5.46. The quantitative estimate of drug-likeness (QED) is 0.937. The first kappa shape index (κ1) is 14.4. The third-order valence-electron chi connectivity index (χ3n) is 3.25. The van der Waals surface area contributed by atoms with Crippen LogP contribution in [0.5, 0.6) is 0 Å². The number of aromatic amines is 1. The summed E-state index contributed by atoms with van der Waals surface area (Å²) in [6.45, 7) is 5.48. The van der Waals surface area contributed by atoms with Gasteiger partial charge in [-0.3, -0.25) is 4.79 Å². The Morgan fingerprint density at radius 1 is 1.15 bits per heavy atom. The van der Waals surface area contributed by atoms with E-state index in [1.54, 1.807) is 12.1 Å². The van der Waals surface area contributed by atoms with E-state index in [9.17, 15) is 18.0 Å². The van der Waals surface area contributed by atoms with Crippen molar-refractivity contribution in [1.82, 2.24) is 4.98 Å². The van der Waals surface area contributed by atoms with Crippen LogP contribution in [0.4, 0.5) is 18.9 Å². The molecule has 1 aromatic heterocycles. The van der Waals surface area contributed by atoms with Gasteiger partial charge in [-0.25, -0.2) is 0 Å². The number of H-pyrrole nitrogens is 1. The predicted molar refractivity (Wildman–Crippen MR) is 73.1 cm³/mol. The number of anilines is 1. The van der Waals surface area contributed by atoms with Crippen LogP contribution in [0.15, 0.2) is 29.1 Å². The van der Waals surface area contributed by atoms with E-state index in [1.807, 2.05) is 18.7 Å². The molecule has 0 atom stereocenters. The van der Waals surface area contributed by atoms with Crippen molar-refractivity contribution in [2.45, 2.75) is 20.0 Å². The number of nitrogens with zero attached hydrogens (tertiary/aromatic N) is 1. The second-order valence-electron chi connectivity index (χ2n) is 4.45. The van der Waals surface area contributed by atoms with Crippen LogP contribution in [0, 0.1) is 0 Å². The average Bonchev–Trinajstić information content (AvgIpc) is 2.39. The van der Waals surface area contributed by atoms with Gasteiger partial charge in [0.15, 0.2) is 5.43 Å². The average molecular weight is 284 g/mol. The second kappa shape index (κ2) is 5.19. The van der Waals surface area contributed by atoms with Gasteiger partial charge in [-0.2, -0.15) is 13.2 Å². The van der Waals surface area contributed by atoms with Gasteiger partial charge in [-0.05, 0) is 32.0 Å². The fraction of sp³-hybridized carbons (Fsp3) is 0.357. The van der Waals surface area contributed by atoms with Crippen LogP contribution in [0.25, 0.3) is 10.9 Å². The van der Waals surface area contributed by atoms with Crippen LogP contribution in [-0.2, 0) is 6.18 Å². The standard InChI is InChI=1S/C14H15F3N2O/c1-3-19(4-2)9-5-6-11-10(7-9)12(20)8-13(18-11)14(15,16)17/h5-8H,3-4H2,1-2H3,(H,18,20). The molecule has 0 radical (unpaired) electrons. The lowest BCUT2D eigenvalue weighted by molar-refractivity contribution is -0.141. The van der Waals surface area contributed by atoms with Crippen molar-refractivity contribution < 1.29 is 13.2 Å². The number of alkyl halides is 3. The monoisotopic (exact) mass is 284 g/mol. The maximum absolute atomic E-state index is 12.6. The topological polar surface area (TPSA) is 36.1 Å². The van der Waals surface area contributed by atoms with Gasteiger partial charge in [0, 0.05) is 35.7 Å². The summed E-state index contributed by atoms with van der Waals surface area (Å²) in [6.07, 6.45) is -4.55. The molecule has 3 nitrogen and oxygen atoms in total. The Kier molecular flexibility index (Phi) is 3.74. The van der Waals surface area contributed by atoms with Gasteiger partial charge in [0.25, 0.3) is 0 Å². The Bertz CT molecular complexity index is 672. The Morgan fingerprint density at radius 3 is 2.35 bits per heavy atom. The van der Waals surface area contributed by atoms with Gasteiger partial charge in [0.05, 0.1) is 0 Å². The number of hydrogen-bond acceptors (Lipinski definition) is 2. The van der Waals surface area contributed by atoms with E-state index in [0.29, 0.717) is 6.07 Å². The maximum atomic E-state index is 12.6. The van der Waals surface area contributed by atoms with Crippen molar-refractivity contribution >= 4 is 16.6 Å². The van der Waals surface area contributed by atoms with Gasteiger partial charge in [0.1, 0.15) is 5.69 Å². The van der Waals surface area contributed by atoms with E-state index >= 15 is 0 Å². The first-order valence-electron chi connectivity index (χ1n) is 6.36. The molecule has 20 heavy (non-hydrogen) atoms. The van der Waals surface area contributed by atoms with Crippen LogP contribution in [0.1, 0.15) is 19.5 Å². The molecule has 0 amide bonds. The van der Waals surface area contributed by atoms with Crippen molar-refractivity contribution in [3.05, 3.63) is 40.2 Å². The van der Waals surface area contributed by atoms with Gasteiger partial charge >= 0.3 is 6.18 Å². The second-order valence-corrected chi connectivity index (χ2v) is 4.45. The van der Waals surface area contributed by atoms with E-state index in [1.165, 1.54) is 6.07 Å². The fourth-order valence-electron chi connectivity index (χ4n) is 2.17. The highest BCUT2D eigenvalue weighted by atomic mass is 19.4. The summed E-state index contributed by atoms with van der Waals surface area (Å²) in [4.78, 5) is 16.1. The van der Waals surface area contributed by atoms with Gasteiger partial charge in [0.2, 0.25) is 0 Å². The minimum absolute atomic E-state index is 0.195. The molecule has 0 saturated carbocycles. The molecule has 0 aliphatic carbocycles. The summed E-state index contributed by atoms with van der Waals surface area (Å²) in [5.74, 6) is 0. The minimum Gasteiger partial charge on any atom is -0.372 e. The summed E-state index contributed by atoms with van der Waals surface area (Å²) in [5, 5.41) is 0.266. The predicted octanol–water partition coefficient (Wildman–Crippen LogP) is 3.39. The molecule has 0 fully saturated rings. The molecule has 0 bridgehead atoms. The molecule has 0 saturated heterocycles. The van der Waals surface area contributed by atoms with Crippen LogP contribution in [-0.4, -0.2) is 18.1 Å². The lowest BCUT2D eigenvalue weighted by atomic mass is 10.1. The fourth-order valence-corrected chi connectivity index (χ4v) is 2.17. The highest BCUT2D eigenvalue weighted by molar-refractivity contribution is 5.82. The molecule has 1 N–H and O–H groups in total. The summed E-state index contributed by atoms with van der Waals surface area (Å²) >= 11 is 0. The Labute approximate surface area is 114 Å². The Morgan fingerprint density at radius 2 is 1.80 bits per heavy atom. The molecular formula is C14H15F3N2O. The van der Waals surface area contributed by atoms with Gasteiger partial charge in [-0.1, -0.05) is 0 Å². The lowest BCUT2D eigenvalue weighted by Gasteiger charge is -2.21. The van der Waals surface area contributed by atoms with E-state index in [0.717, 1.165) is 18.8 Å². The molecule has 0 unspecified atom stereocenters. The molecule has 0 aliphatic rings. The molecule has 1 heterocycles. The van der Waals surface area contributed by atoms with Crippen molar-refractivity contribution in [3.8, 4) is 0 Å². The SMILES string of the molecule is CCN(CC)c1ccc2[nH]c(C(F)(F)F)cc(=O)c2c1. The van der Waals surface area contributed by atoms with Crippen molar-refractivity contribution in [3.63, 3.8) is 0 Å². The number of rotatable bonds is 3. The van der Waals surface area contributed by atoms with Crippen LogP contribution >= 0.6 is 0 Å². The van der Waals surface area contributed by atoms with E-state index in [4.69, 9.17) is 0 Å². The zero-order valence-corrected chi connectivity index (χ0v) is 11.2. The smallest absolute Gasteiger partial charge is 0.372 e. The molecule has 6 heteroatoms. The van der Waals surface area contributed by atoms with Crippen molar-refractivity contribution in [2.24, 2.45) is 0 Å². The number of benzene rings is 1. The number of hydrogen-bond donors (Lipinski definition) is 1. The third kappa shape index (κ3) is 2.64. The number of nitrogens with one attached hydrogen (secondary N) is 1. The largest absolute Gasteiger partial charge is 0.431 e. The highest BCUT2D eigenvalue weighted by Crippen LogP contribution is 2.28. The highest BCUT2D eigenvalue weighted by Gasteiger charge is 2.32. The lowest BCUT2D eigenvalue weighted by Crippen LogP contribution is -2.22. The van der Waals surface area contributed by atoms with Crippen LogP contribution < -0.4 is 10.3 Å². The number of pyridine rings is 1. The molecular weight excluding hydrogens is 269 g/mol. The summed E-state index contributed by atoms with van der Waals surface area (Å²) < 4.78 is 37.9. The Balaban J connectivity index is 2.61. The first-order chi connectivity index (χ1) is 9.36. The number of fused-ring (bicyclic) bond motifs is 1. The van der Waals surface area contributed by atoms with E-state index in [-0.39, 0.29) is 10.9 Å². The van der Waals surface area contributed by atoms with E-state index in [2.05, 4.69) is 4.98 Å². The van der Waals surface area contributed by atoms with Crippen LogP contribution in [0.2, 0.25) is 0 Å². The maximum Gasteiger partial charge on any atom is 0.431 e. The Hall–Kier alpha value is -1.98. The molecule has 108 valence electrons. The zero-order chi connectivity index (χ0) is 14.9. The van der Waals surface area contributed by atoms with E-state index < -0.39 is 17.3 Å². The molecule has 0 aliphatic heterocycles. The molecule has 0 spiro atoms. The summed E-state index contributed by atoms with van der Waals surface area (Å²) in [5.41, 5.74) is -0.626. The number of halogens is 3. The van der Waals surface area contributed by atoms with Crippen LogP contribution in [0.3, 0.4) is 0 Å². The number of aromatic nitrogens is 1. The van der Waals surface area contributed by atoms with Gasteiger partial charge in [-0.15, -0.1) is 0 Å². The molecule has 2 aromatic rings. The third-order valence-corrected chi connectivity index (χ3v) is 3.25. The minimum atomic E-state index is -4.55.